The van der Waals surface area contributed by atoms with Crippen LogP contribution >= 0.6 is 23.5 Å². The van der Waals surface area contributed by atoms with E-state index in [4.69, 9.17) is 4.74 Å². The molecule has 2 nitrogen and oxygen atoms in total. The molecule has 2 saturated heterocycles. The van der Waals surface area contributed by atoms with E-state index >= 15 is 0 Å². The van der Waals surface area contributed by atoms with Crippen molar-refractivity contribution >= 4 is 23.5 Å². The summed E-state index contributed by atoms with van der Waals surface area (Å²) in [7, 11) is 0. The van der Waals surface area contributed by atoms with Gasteiger partial charge in [-0.15, -0.1) is 0 Å². The highest BCUT2D eigenvalue weighted by atomic mass is 32.2. The summed E-state index contributed by atoms with van der Waals surface area (Å²) in [5.74, 6) is 2.51. The van der Waals surface area contributed by atoms with Gasteiger partial charge in [-0.3, -0.25) is 0 Å². The minimum Gasteiger partial charge on any atom is -0.374 e. The van der Waals surface area contributed by atoms with E-state index in [0.29, 0.717) is 10.8 Å². The summed E-state index contributed by atoms with van der Waals surface area (Å²) in [6.45, 7) is 2.17. The van der Waals surface area contributed by atoms with Gasteiger partial charge in [-0.05, 0) is 44.1 Å². The molecule has 1 aliphatic carbocycles. The van der Waals surface area contributed by atoms with Crippen molar-refractivity contribution in [2.75, 3.05) is 30.9 Å². The summed E-state index contributed by atoms with van der Waals surface area (Å²) in [5.41, 5.74) is 0.229. The molecular formula is C14H25NOS2. The SMILES string of the molecule is CSC1(CNC2CCOC3(CCSC3)C2)CCC1. The van der Waals surface area contributed by atoms with Crippen LogP contribution in [0, 0.1) is 0 Å². The van der Waals surface area contributed by atoms with Crippen LogP contribution in [0.2, 0.25) is 0 Å². The Hall–Kier alpha value is 0.620. The van der Waals surface area contributed by atoms with Crippen LogP contribution in [0.1, 0.15) is 38.5 Å². The fourth-order valence-electron chi connectivity index (χ4n) is 3.42. The highest BCUT2D eigenvalue weighted by Gasteiger charge is 2.42. The van der Waals surface area contributed by atoms with Crippen molar-refractivity contribution in [2.45, 2.75) is 54.9 Å². The lowest BCUT2D eigenvalue weighted by atomic mass is 9.83. The Bertz CT molecular complexity index is 282. The van der Waals surface area contributed by atoms with Crippen LogP contribution in [0.25, 0.3) is 0 Å². The van der Waals surface area contributed by atoms with Crippen LogP contribution in [0.3, 0.4) is 0 Å². The van der Waals surface area contributed by atoms with Gasteiger partial charge in [-0.2, -0.15) is 23.5 Å². The van der Waals surface area contributed by atoms with Crippen molar-refractivity contribution in [3.8, 4) is 0 Å². The summed E-state index contributed by atoms with van der Waals surface area (Å²) < 4.78 is 6.65. The zero-order valence-electron chi connectivity index (χ0n) is 11.4. The summed E-state index contributed by atoms with van der Waals surface area (Å²) in [6.07, 6.45) is 10.2. The first-order valence-electron chi connectivity index (χ1n) is 7.26. The molecule has 1 spiro atoms. The summed E-state index contributed by atoms with van der Waals surface area (Å²) >= 11 is 4.14. The second-order valence-corrected chi connectivity index (χ2v) is 8.52. The van der Waals surface area contributed by atoms with E-state index in [1.165, 1.54) is 56.6 Å². The largest absolute Gasteiger partial charge is 0.374 e. The Morgan fingerprint density at radius 3 is 2.89 bits per heavy atom. The van der Waals surface area contributed by atoms with E-state index in [2.05, 4.69) is 35.1 Å². The summed E-state index contributed by atoms with van der Waals surface area (Å²) in [5, 5.41) is 3.86. The Labute approximate surface area is 119 Å². The molecular weight excluding hydrogens is 262 g/mol. The Kier molecular flexibility index (Phi) is 4.19. The van der Waals surface area contributed by atoms with Gasteiger partial charge in [0.1, 0.15) is 0 Å². The van der Waals surface area contributed by atoms with Crippen molar-refractivity contribution in [1.82, 2.24) is 5.32 Å². The zero-order chi connectivity index (χ0) is 12.5. The zero-order valence-corrected chi connectivity index (χ0v) is 13.0. The molecule has 18 heavy (non-hydrogen) atoms. The molecule has 0 radical (unpaired) electrons. The maximum atomic E-state index is 6.09. The second-order valence-electron chi connectivity index (χ2n) is 6.15. The molecule has 3 rings (SSSR count). The van der Waals surface area contributed by atoms with Crippen LogP contribution in [-0.4, -0.2) is 47.3 Å². The van der Waals surface area contributed by atoms with Gasteiger partial charge in [0, 0.05) is 29.7 Å². The maximum absolute atomic E-state index is 6.09. The molecule has 2 heterocycles. The number of hydrogen-bond donors (Lipinski definition) is 1. The summed E-state index contributed by atoms with van der Waals surface area (Å²) in [6, 6.07) is 0.696. The Morgan fingerprint density at radius 2 is 2.28 bits per heavy atom. The first kappa shape index (κ1) is 13.6. The van der Waals surface area contributed by atoms with Crippen molar-refractivity contribution in [3.63, 3.8) is 0 Å². The lowest BCUT2D eigenvalue weighted by Crippen LogP contribution is -2.52. The van der Waals surface area contributed by atoms with Crippen LogP contribution in [0.5, 0.6) is 0 Å². The van der Waals surface area contributed by atoms with Crippen molar-refractivity contribution in [2.24, 2.45) is 0 Å². The number of nitrogens with one attached hydrogen (secondary N) is 1. The van der Waals surface area contributed by atoms with Crippen molar-refractivity contribution < 1.29 is 4.74 Å². The second kappa shape index (κ2) is 5.55. The molecule has 3 aliphatic rings. The van der Waals surface area contributed by atoms with Gasteiger partial charge in [0.2, 0.25) is 0 Å². The van der Waals surface area contributed by atoms with Gasteiger partial charge in [-0.25, -0.2) is 0 Å². The third-order valence-electron chi connectivity index (χ3n) is 4.97. The maximum Gasteiger partial charge on any atom is 0.0795 e. The molecule has 2 aliphatic heterocycles. The van der Waals surface area contributed by atoms with Crippen LogP contribution in [0.4, 0.5) is 0 Å². The number of ether oxygens (including phenoxy) is 1. The number of hydrogen-bond acceptors (Lipinski definition) is 4. The third kappa shape index (κ3) is 2.72. The first-order valence-corrected chi connectivity index (χ1v) is 9.64. The van der Waals surface area contributed by atoms with Crippen LogP contribution < -0.4 is 5.32 Å². The lowest BCUT2D eigenvalue weighted by Gasteiger charge is -2.44. The molecule has 0 bridgehead atoms. The smallest absolute Gasteiger partial charge is 0.0795 e. The fraction of sp³-hybridized carbons (Fsp3) is 1.00. The molecule has 0 amide bonds. The minimum atomic E-state index is 0.229. The quantitative estimate of drug-likeness (QED) is 0.858. The van der Waals surface area contributed by atoms with Gasteiger partial charge in [0.15, 0.2) is 0 Å². The normalized spacial score (nSPS) is 38.8. The molecule has 2 atom stereocenters. The van der Waals surface area contributed by atoms with E-state index in [9.17, 15) is 0 Å². The fourth-order valence-corrected chi connectivity index (χ4v) is 5.72. The van der Waals surface area contributed by atoms with Crippen molar-refractivity contribution in [3.05, 3.63) is 0 Å². The van der Waals surface area contributed by atoms with Gasteiger partial charge >= 0.3 is 0 Å². The monoisotopic (exact) mass is 287 g/mol. The number of rotatable bonds is 4. The molecule has 1 saturated carbocycles. The summed E-state index contributed by atoms with van der Waals surface area (Å²) in [4.78, 5) is 0. The predicted molar refractivity (Wildman–Crippen MR) is 81.7 cm³/mol. The van der Waals surface area contributed by atoms with Gasteiger partial charge < -0.3 is 10.1 Å². The molecule has 2 unspecified atom stereocenters. The van der Waals surface area contributed by atoms with Gasteiger partial charge in [0.05, 0.1) is 5.60 Å². The molecule has 0 aromatic carbocycles. The molecule has 0 aromatic rings. The van der Waals surface area contributed by atoms with E-state index in [1.54, 1.807) is 0 Å². The minimum absolute atomic E-state index is 0.229. The topological polar surface area (TPSA) is 21.3 Å². The first-order chi connectivity index (χ1) is 8.76. The average Bonchev–Trinajstić information content (AvgIpc) is 2.77. The van der Waals surface area contributed by atoms with Crippen LogP contribution in [0.15, 0.2) is 0 Å². The predicted octanol–water partition coefficient (Wildman–Crippen LogP) is 2.92. The lowest BCUT2D eigenvalue weighted by molar-refractivity contribution is -0.0704. The third-order valence-corrected chi connectivity index (χ3v) is 7.61. The van der Waals surface area contributed by atoms with Gasteiger partial charge in [-0.1, -0.05) is 6.42 Å². The Balaban J connectivity index is 1.50. The molecule has 104 valence electrons. The van der Waals surface area contributed by atoms with Gasteiger partial charge in [0.25, 0.3) is 0 Å². The molecule has 1 N–H and O–H groups in total. The standard InChI is InChI=1S/C14H25NOS2/c1-17-14(4-2-5-14)10-15-12-3-7-16-13(9-12)6-8-18-11-13/h12,15H,2-11H2,1H3. The van der Waals surface area contributed by atoms with E-state index < -0.39 is 0 Å². The molecule has 3 fully saturated rings. The highest BCUT2D eigenvalue weighted by Crippen LogP contribution is 2.43. The van der Waals surface area contributed by atoms with Crippen LogP contribution in [-0.2, 0) is 4.74 Å². The van der Waals surface area contributed by atoms with E-state index in [0.717, 1.165) is 6.61 Å². The highest BCUT2D eigenvalue weighted by molar-refractivity contribution is 8.00. The molecule has 4 heteroatoms. The van der Waals surface area contributed by atoms with E-state index in [-0.39, 0.29) is 5.60 Å². The van der Waals surface area contributed by atoms with E-state index in [1.807, 2.05) is 0 Å². The molecule has 0 aromatic heterocycles. The van der Waals surface area contributed by atoms with Crippen molar-refractivity contribution in [1.29, 1.82) is 0 Å². The average molecular weight is 287 g/mol. The number of thioether (sulfide) groups is 2. The Morgan fingerprint density at radius 1 is 1.39 bits per heavy atom.